The van der Waals surface area contributed by atoms with E-state index < -0.39 is 18.0 Å². The summed E-state index contributed by atoms with van der Waals surface area (Å²) < 4.78 is 10.3. The molecule has 1 fully saturated rings. The fourth-order valence-corrected chi connectivity index (χ4v) is 4.38. The topological polar surface area (TPSA) is 117 Å². The number of carbonyl (C=O) groups excluding carboxylic acids is 4. The molecule has 188 valence electrons. The molecule has 10 heteroatoms. The van der Waals surface area contributed by atoms with Gasteiger partial charge in [0, 0.05) is 18.8 Å². The first kappa shape index (κ1) is 24.9. The van der Waals surface area contributed by atoms with Crippen molar-refractivity contribution in [2.45, 2.75) is 12.5 Å². The van der Waals surface area contributed by atoms with Gasteiger partial charge in [0.1, 0.15) is 5.75 Å². The largest absolute Gasteiger partial charge is 0.497 e. The maximum Gasteiger partial charge on any atom is 0.338 e. The van der Waals surface area contributed by atoms with Crippen LogP contribution in [0.25, 0.3) is 0 Å². The van der Waals surface area contributed by atoms with Crippen molar-refractivity contribution in [3.8, 4) is 5.75 Å². The molecule has 36 heavy (non-hydrogen) atoms. The number of amides is 4. The molecule has 0 aromatic heterocycles. The molecule has 2 N–H and O–H groups in total. The molecule has 1 saturated heterocycles. The van der Waals surface area contributed by atoms with Gasteiger partial charge in [-0.3, -0.25) is 19.4 Å². The van der Waals surface area contributed by atoms with Crippen molar-refractivity contribution >= 4 is 23.8 Å². The van der Waals surface area contributed by atoms with Crippen molar-refractivity contribution < 1.29 is 28.7 Å². The van der Waals surface area contributed by atoms with Crippen LogP contribution in [-0.4, -0.2) is 74.0 Å². The second-order valence-corrected chi connectivity index (χ2v) is 8.51. The first-order chi connectivity index (χ1) is 17.4. The highest BCUT2D eigenvalue weighted by Gasteiger charge is 2.37. The Kier molecular flexibility index (Phi) is 7.65. The summed E-state index contributed by atoms with van der Waals surface area (Å²) in [7, 11) is 2.78. The summed E-state index contributed by atoms with van der Waals surface area (Å²) in [5.41, 5.74) is 2.13. The van der Waals surface area contributed by atoms with Crippen molar-refractivity contribution in [3.05, 3.63) is 77.0 Å². The summed E-state index contributed by atoms with van der Waals surface area (Å²) in [6.07, 6.45) is 0.569. The van der Waals surface area contributed by atoms with Gasteiger partial charge >= 0.3 is 12.0 Å². The third-order valence-electron chi connectivity index (χ3n) is 6.15. The molecule has 0 aliphatic carbocycles. The molecule has 2 aromatic rings. The van der Waals surface area contributed by atoms with Crippen molar-refractivity contribution in [2.24, 2.45) is 0 Å². The predicted molar refractivity (Wildman–Crippen MR) is 130 cm³/mol. The monoisotopic (exact) mass is 492 g/mol. The Morgan fingerprint density at radius 3 is 2.39 bits per heavy atom. The number of methoxy groups -OCH3 is 2. The number of esters is 1. The maximum atomic E-state index is 12.8. The number of rotatable bonds is 8. The normalized spacial score (nSPS) is 18.6. The van der Waals surface area contributed by atoms with E-state index >= 15 is 0 Å². The number of hydrogen-bond donors (Lipinski definition) is 2. The fraction of sp³-hybridized carbons (Fsp3) is 0.308. The van der Waals surface area contributed by atoms with Gasteiger partial charge in [0.15, 0.2) is 0 Å². The Bertz CT molecular complexity index is 1180. The van der Waals surface area contributed by atoms with Gasteiger partial charge in [0.05, 0.1) is 38.9 Å². The third kappa shape index (κ3) is 5.55. The maximum absolute atomic E-state index is 12.8. The zero-order chi connectivity index (χ0) is 25.7. The summed E-state index contributed by atoms with van der Waals surface area (Å²) in [5.74, 6) is -0.725. The lowest BCUT2D eigenvalue weighted by Crippen LogP contribution is -2.56. The molecule has 0 saturated carbocycles. The number of imide groups is 1. The average molecular weight is 493 g/mol. The number of piperazine rings is 1. The first-order valence-electron chi connectivity index (χ1n) is 11.5. The van der Waals surface area contributed by atoms with Crippen molar-refractivity contribution in [2.75, 3.05) is 40.4 Å². The van der Waals surface area contributed by atoms with Crippen LogP contribution >= 0.6 is 0 Å². The molecule has 2 aliphatic rings. The minimum absolute atomic E-state index is 0.0162. The van der Waals surface area contributed by atoms with Gasteiger partial charge < -0.3 is 20.1 Å². The lowest BCUT2D eigenvalue weighted by Gasteiger charge is -2.35. The molecular formula is C26H28N4O6. The molecule has 2 aliphatic heterocycles. The molecule has 1 atom stereocenters. The number of hydrogen-bond acceptors (Lipinski definition) is 7. The Hall–Kier alpha value is -4.18. The smallest absolute Gasteiger partial charge is 0.338 e. The molecule has 4 amide bonds. The minimum atomic E-state index is -0.796. The molecule has 0 unspecified atom stereocenters. The predicted octanol–water partition coefficient (Wildman–Crippen LogP) is 1.39. The summed E-state index contributed by atoms with van der Waals surface area (Å²) in [6, 6.07) is 15.3. The number of urea groups is 1. The summed E-state index contributed by atoms with van der Waals surface area (Å²) in [5, 5.41) is 5.41. The lowest BCUT2D eigenvalue weighted by molar-refractivity contribution is -0.151. The van der Waals surface area contributed by atoms with Gasteiger partial charge in [-0.25, -0.2) is 9.59 Å². The van der Waals surface area contributed by atoms with Crippen molar-refractivity contribution in [1.82, 2.24) is 20.4 Å². The number of nitrogens with one attached hydrogen (secondary N) is 2. The zero-order valence-electron chi connectivity index (χ0n) is 20.2. The summed E-state index contributed by atoms with van der Waals surface area (Å²) in [6.45, 7) is 0.268. The van der Waals surface area contributed by atoms with E-state index in [1.54, 1.807) is 29.2 Å². The van der Waals surface area contributed by atoms with Crippen LogP contribution in [0.3, 0.4) is 0 Å². The van der Waals surface area contributed by atoms with Crippen LogP contribution in [0.5, 0.6) is 5.75 Å². The summed E-state index contributed by atoms with van der Waals surface area (Å²) >= 11 is 0. The second-order valence-electron chi connectivity index (χ2n) is 8.51. The van der Waals surface area contributed by atoms with Crippen molar-refractivity contribution in [1.29, 1.82) is 0 Å². The van der Waals surface area contributed by atoms with Gasteiger partial charge in [0.2, 0.25) is 11.8 Å². The Labute approximate surface area is 208 Å². The Morgan fingerprint density at radius 2 is 1.72 bits per heavy atom. The molecule has 2 heterocycles. The molecule has 0 spiro atoms. The van der Waals surface area contributed by atoms with E-state index in [1.165, 1.54) is 19.1 Å². The fourth-order valence-electron chi connectivity index (χ4n) is 4.38. The van der Waals surface area contributed by atoms with Gasteiger partial charge in [-0.15, -0.1) is 0 Å². The quantitative estimate of drug-likeness (QED) is 0.422. The number of ether oxygens (including phenoxy) is 2. The number of nitrogens with zero attached hydrogens (tertiary/aromatic N) is 2. The van der Waals surface area contributed by atoms with E-state index in [0.29, 0.717) is 24.3 Å². The Morgan fingerprint density at radius 1 is 1.00 bits per heavy atom. The lowest BCUT2D eigenvalue weighted by atomic mass is 9.94. The average Bonchev–Trinajstić information content (AvgIpc) is 2.88. The van der Waals surface area contributed by atoms with Crippen LogP contribution < -0.4 is 15.4 Å². The Balaban J connectivity index is 1.54. The van der Waals surface area contributed by atoms with Gasteiger partial charge in [-0.05, 0) is 29.7 Å². The third-order valence-corrected chi connectivity index (χ3v) is 6.15. The highest BCUT2D eigenvalue weighted by molar-refractivity contribution is 5.99. The van der Waals surface area contributed by atoms with Crippen LogP contribution in [-0.2, 0) is 25.5 Å². The minimum Gasteiger partial charge on any atom is -0.497 e. The van der Waals surface area contributed by atoms with E-state index in [9.17, 15) is 19.2 Å². The van der Waals surface area contributed by atoms with Crippen LogP contribution in [0.2, 0.25) is 0 Å². The number of carbonyl (C=O) groups is 4. The standard InChI is InChI=1S/C26H28N4O6/c1-35-19-10-6-9-18(13-19)24-23(25(33)36-2)20(27-26(34)28-24)14-29-15-21(31)30(22(32)16-29)12-11-17-7-4-3-5-8-17/h3-10,13,24H,11-12,14-16H2,1-2H3,(H2,27,28,34)/t24-/m1/s1. The van der Waals surface area contributed by atoms with E-state index in [4.69, 9.17) is 9.47 Å². The van der Waals surface area contributed by atoms with Gasteiger partial charge in [-0.2, -0.15) is 0 Å². The molecule has 10 nitrogen and oxygen atoms in total. The van der Waals surface area contributed by atoms with Crippen LogP contribution in [0.1, 0.15) is 17.2 Å². The second kappa shape index (κ2) is 11.0. The molecule has 2 aromatic carbocycles. The highest BCUT2D eigenvalue weighted by atomic mass is 16.5. The molecule has 0 bridgehead atoms. The van der Waals surface area contributed by atoms with E-state index in [-0.39, 0.29) is 42.7 Å². The van der Waals surface area contributed by atoms with Crippen LogP contribution in [0, 0.1) is 0 Å². The van der Waals surface area contributed by atoms with Gasteiger partial charge in [0.25, 0.3) is 0 Å². The van der Waals surface area contributed by atoms with E-state index in [1.807, 2.05) is 30.3 Å². The van der Waals surface area contributed by atoms with Crippen LogP contribution in [0.4, 0.5) is 4.79 Å². The van der Waals surface area contributed by atoms with Crippen molar-refractivity contribution in [3.63, 3.8) is 0 Å². The van der Waals surface area contributed by atoms with Gasteiger partial charge in [-0.1, -0.05) is 42.5 Å². The highest BCUT2D eigenvalue weighted by Crippen LogP contribution is 2.30. The van der Waals surface area contributed by atoms with E-state index in [0.717, 1.165) is 5.56 Å². The molecular weight excluding hydrogens is 464 g/mol. The molecule has 0 radical (unpaired) electrons. The zero-order valence-corrected chi connectivity index (χ0v) is 20.2. The first-order valence-corrected chi connectivity index (χ1v) is 11.5. The van der Waals surface area contributed by atoms with E-state index in [2.05, 4.69) is 10.6 Å². The SMILES string of the molecule is COC(=O)C1=C(CN2CC(=O)N(CCc3ccccc3)C(=O)C2)NC(=O)N[C@@H]1c1cccc(OC)c1. The molecule has 4 rings (SSSR count). The van der Waals surface area contributed by atoms with Crippen LogP contribution in [0.15, 0.2) is 65.9 Å². The number of benzene rings is 2. The summed E-state index contributed by atoms with van der Waals surface area (Å²) in [4.78, 5) is 53.8.